The number of rotatable bonds is 1. The molecular formula is C10H15BN2O2. The van der Waals surface area contributed by atoms with Crippen molar-refractivity contribution in [3.8, 4) is 5.97 Å². The fourth-order valence-electron chi connectivity index (χ4n) is 2.70. The lowest BCUT2D eigenvalue weighted by molar-refractivity contribution is -0.131. The second kappa shape index (κ2) is 3.86. The van der Waals surface area contributed by atoms with Crippen molar-refractivity contribution in [2.24, 2.45) is 5.92 Å². The molecule has 1 unspecified atom stereocenters. The molecular weight excluding hydrogens is 191 g/mol. The van der Waals surface area contributed by atoms with Crippen LogP contribution in [0.15, 0.2) is 0 Å². The highest BCUT2D eigenvalue weighted by molar-refractivity contribution is 6.67. The van der Waals surface area contributed by atoms with E-state index in [9.17, 15) is 9.90 Å². The van der Waals surface area contributed by atoms with Gasteiger partial charge in [-0.05, 0) is 19.3 Å². The Balaban J connectivity index is 2.03. The van der Waals surface area contributed by atoms with Gasteiger partial charge < -0.3 is 10.4 Å². The minimum atomic E-state index is -0.853. The normalized spacial score (nSPS) is 29.7. The van der Waals surface area contributed by atoms with Crippen LogP contribution < -0.4 is 5.32 Å². The van der Waals surface area contributed by atoms with Gasteiger partial charge in [0.25, 0.3) is 6.71 Å². The lowest BCUT2D eigenvalue weighted by Crippen LogP contribution is -2.45. The van der Waals surface area contributed by atoms with Gasteiger partial charge in [0.05, 0.1) is 11.5 Å². The molecule has 4 nitrogen and oxygen atoms in total. The van der Waals surface area contributed by atoms with Crippen LogP contribution >= 0.6 is 0 Å². The summed E-state index contributed by atoms with van der Waals surface area (Å²) < 4.78 is 0. The number of nitrogens with one attached hydrogen (secondary N) is 1. The number of aliphatic hydroxyl groups is 1. The average molecular weight is 206 g/mol. The first-order valence-electron chi connectivity index (χ1n) is 5.55. The molecule has 2 fully saturated rings. The van der Waals surface area contributed by atoms with Gasteiger partial charge in [0, 0.05) is 12.5 Å². The third-order valence-corrected chi connectivity index (χ3v) is 3.73. The number of carbonyl (C=O) groups is 1. The van der Waals surface area contributed by atoms with E-state index in [1.165, 1.54) is 0 Å². The molecule has 0 aromatic heterocycles. The minimum absolute atomic E-state index is 0.0205. The van der Waals surface area contributed by atoms with Gasteiger partial charge in [-0.25, -0.2) is 5.26 Å². The first-order valence-corrected chi connectivity index (χ1v) is 5.55. The van der Waals surface area contributed by atoms with Gasteiger partial charge in [-0.2, -0.15) is 0 Å². The Hall–Kier alpha value is -1.02. The van der Waals surface area contributed by atoms with E-state index in [0.29, 0.717) is 19.4 Å². The second-order valence-corrected chi connectivity index (χ2v) is 4.64. The first kappa shape index (κ1) is 10.5. The third kappa shape index (κ3) is 1.87. The molecule has 2 rings (SSSR count). The van der Waals surface area contributed by atoms with Crippen LogP contribution in [0, 0.1) is 17.1 Å². The Morgan fingerprint density at radius 1 is 1.53 bits per heavy atom. The summed E-state index contributed by atoms with van der Waals surface area (Å²) in [5.74, 6) is 1.96. The molecule has 0 aromatic carbocycles. The van der Waals surface area contributed by atoms with Gasteiger partial charge >= 0.3 is 0 Å². The summed E-state index contributed by atoms with van der Waals surface area (Å²) in [7, 11) is 0. The highest BCUT2D eigenvalue weighted by Gasteiger charge is 2.46. The second-order valence-electron chi connectivity index (χ2n) is 4.64. The molecule has 0 aromatic rings. The summed E-state index contributed by atoms with van der Waals surface area (Å²) in [5.41, 5.74) is -0.853. The summed E-state index contributed by atoms with van der Waals surface area (Å²) in [6.07, 6.45) is 3.34. The van der Waals surface area contributed by atoms with E-state index < -0.39 is 5.60 Å². The fourth-order valence-corrected chi connectivity index (χ4v) is 2.70. The molecule has 2 aliphatic heterocycles. The lowest BCUT2D eigenvalue weighted by atomic mass is 9.40. The smallest absolute Gasteiger partial charge is 0.268 e. The molecule has 2 heterocycles. The van der Waals surface area contributed by atoms with Crippen molar-refractivity contribution in [2.45, 2.75) is 37.5 Å². The zero-order valence-corrected chi connectivity index (χ0v) is 8.70. The predicted molar refractivity (Wildman–Crippen MR) is 56.3 cm³/mol. The van der Waals surface area contributed by atoms with Crippen LogP contribution in [0.2, 0.25) is 12.6 Å². The Labute approximate surface area is 89.7 Å². The highest BCUT2D eigenvalue weighted by atomic mass is 16.3. The standard InChI is InChI=1S/C10H15BN2O2/c12-7-11-4-2-10(15,3-5-11)8-1-6-13-9(8)14/h8,15H,1-6H2,(H,13,14). The molecule has 1 amide bonds. The largest absolute Gasteiger partial charge is 0.389 e. The topological polar surface area (TPSA) is 73.1 Å². The van der Waals surface area contributed by atoms with Crippen LogP contribution in [0.1, 0.15) is 19.3 Å². The van der Waals surface area contributed by atoms with Crippen molar-refractivity contribution in [3.63, 3.8) is 0 Å². The number of carbonyl (C=O) groups excluding carboxylic acids is 1. The van der Waals surface area contributed by atoms with E-state index in [2.05, 4.69) is 11.3 Å². The first-order chi connectivity index (χ1) is 7.15. The van der Waals surface area contributed by atoms with E-state index in [1.54, 1.807) is 0 Å². The predicted octanol–water partition coefficient (Wildman–Crippen LogP) is 0.205. The number of hydrogen-bond acceptors (Lipinski definition) is 3. The van der Waals surface area contributed by atoms with Gasteiger partial charge in [-0.3, -0.25) is 4.79 Å². The van der Waals surface area contributed by atoms with E-state index in [1.807, 2.05) is 0 Å². The molecule has 2 N–H and O–H groups in total. The quantitative estimate of drug-likeness (QED) is 0.602. The SMILES string of the molecule is N#CB1CCC(O)(C2CCNC2=O)CC1. The van der Waals surface area contributed by atoms with Gasteiger partial charge in [0.15, 0.2) is 0 Å². The Bertz CT molecular complexity index is 305. The van der Waals surface area contributed by atoms with Crippen LogP contribution in [0.25, 0.3) is 0 Å². The molecule has 0 spiro atoms. The average Bonchev–Trinajstić information content (AvgIpc) is 2.66. The lowest BCUT2D eigenvalue weighted by Gasteiger charge is -2.36. The number of amides is 1. The van der Waals surface area contributed by atoms with Crippen molar-refractivity contribution in [1.29, 1.82) is 5.26 Å². The van der Waals surface area contributed by atoms with Crippen molar-refractivity contribution in [1.82, 2.24) is 5.32 Å². The fraction of sp³-hybridized carbons (Fsp3) is 0.800. The van der Waals surface area contributed by atoms with E-state index >= 15 is 0 Å². The summed E-state index contributed by atoms with van der Waals surface area (Å²) in [4.78, 5) is 11.5. The molecule has 0 saturated carbocycles. The maximum Gasteiger partial charge on any atom is 0.268 e. The van der Waals surface area contributed by atoms with Gasteiger partial charge in [0.1, 0.15) is 0 Å². The van der Waals surface area contributed by atoms with E-state index in [4.69, 9.17) is 5.26 Å². The minimum Gasteiger partial charge on any atom is -0.389 e. The maximum atomic E-state index is 11.5. The van der Waals surface area contributed by atoms with Crippen molar-refractivity contribution in [3.05, 3.63) is 0 Å². The van der Waals surface area contributed by atoms with E-state index in [-0.39, 0.29) is 18.5 Å². The van der Waals surface area contributed by atoms with Crippen LogP contribution in [-0.2, 0) is 4.79 Å². The molecule has 0 aliphatic carbocycles. The summed E-state index contributed by atoms with van der Waals surface area (Å²) in [5, 5.41) is 21.9. The molecule has 0 bridgehead atoms. The van der Waals surface area contributed by atoms with Crippen LogP contribution in [0.4, 0.5) is 0 Å². The Morgan fingerprint density at radius 2 is 2.20 bits per heavy atom. The molecule has 0 radical (unpaired) electrons. The molecule has 15 heavy (non-hydrogen) atoms. The van der Waals surface area contributed by atoms with Crippen molar-refractivity contribution in [2.75, 3.05) is 6.54 Å². The van der Waals surface area contributed by atoms with Gasteiger partial charge in [0.2, 0.25) is 5.91 Å². The summed E-state index contributed by atoms with van der Waals surface area (Å²) in [6.45, 7) is 0.739. The molecule has 2 aliphatic rings. The number of hydrogen-bond donors (Lipinski definition) is 2. The zero-order valence-electron chi connectivity index (χ0n) is 8.70. The maximum absolute atomic E-state index is 11.5. The van der Waals surface area contributed by atoms with Gasteiger partial charge in [-0.1, -0.05) is 12.6 Å². The van der Waals surface area contributed by atoms with Crippen LogP contribution in [0.3, 0.4) is 0 Å². The van der Waals surface area contributed by atoms with Gasteiger partial charge in [-0.15, -0.1) is 0 Å². The third-order valence-electron chi connectivity index (χ3n) is 3.73. The van der Waals surface area contributed by atoms with Crippen molar-refractivity contribution < 1.29 is 9.90 Å². The summed E-state index contributed by atoms with van der Waals surface area (Å²) >= 11 is 0. The Kier molecular flexibility index (Phi) is 2.70. The molecule has 1 atom stereocenters. The van der Waals surface area contributed by atoms with E-state index in [0.717, 1.165) is 19.1 Å². The van der Waals surface area contributed by atoms with Crippen LogP contribution in [-0.4, -0.2) is 29.9 Å². The number of nitrogens with zero attached hydrogens (tertiary/aromatic N) is 1. The van der Waals surface area contributed by atoms with Crippen molar-refractivity contribution >= 4 is 12.6 Å². The molecule has 80 valence electrons. The summed E-state index contributed by atoms with van der Waals surface area (Å²) in [6, 6.07) is 0. The number of nitriles is 1. The zero-order chi connectivity index (χ0) is 10.9. The monoisotopic (exact) mass is 206 g/mol. The molecule has 2 saturated heterocycles. The van der Waals surface area contributed by atoms with Crippen LogP contribution in [0.5, 0.6) is 0 Å². The highest BCUT2D eigenvalue weighted by Crippen LogP contribution is 2.37. The molecule has 5 heteroatoms. The Morgan fingerprint density at radius 3 is 2.67 bits per heavy atom.